The number of hydrogen-bond donors (Lipinski definition) is 1. The number of aromatic nitrogens is 1. The second-order valence-electron chi connectivity index (χ2n) is 4.09. The average Bonchev–Trinajstić information content (AvgIpc) is 2.68. The molecule has 1 atom stereocenters. The molecular weight excluding hydrogens is 272 g/mol. The van der Waals surface area contributed by atoms with Gasteiger partial charge in [0.15, 0.2) is 0 Å². The zero-order chi connectivity index (χ0) is 14.6. The normalized spacial score (nSPS) is 13.3. The summed E-state index contributed by atoms with van der Waals surface area (Å²) < 4.78 is 34.0. The Labute approximate surface area is 112 Å². The molecule has 1 heterocycles. The van der Waals surface area contributed by atoms with Gasteiger partial charge in [0.05, 0.1) is 6.61 Å². The number of aryl methyl sites for hydroxylation is 1. The molecule has 0 aromatic carbocycles. The van der Waals surface area contributed by atoms with Crippen LogP contribution in [0.1, 0.15) is 24.3 Å². The molecule has 0 aliphatic heterocycles. The van der Waals surface area contributed by atoms with Gasteiger partial charge in [0, 0.05) is 19.9 Å². The molecule has 0 saturated carbocycles. The van der Waals surface area contributed by atoms with Crippen LogP contribution in [0.5, 0.6) is 0 Å². The fourth-order valence-electron chi connectivity index (χ4n) is 1.45. The lowest BCUT2D eigenvalue weighted by Crippen LogP contribution is -2.21. The van der Waals surface area contributed by atoms with Crippen molar-refractivity contribution in [2.24, 2.45) is 12.2 Å². The number of carbonyl (C=O) groups is 1. The Bertz CT molecular complexity index is 549. The molecule has 2 N–H and O–H groups in total. The van der Waals surface area contributed by atoms with Gasteiger partial charge in [0.1, 0.15) is 16.7 Å². The molecule has 1 unspecified atom stereocenters. The molecule has 1 aromatic heterocycles. The van der Waals surface area contributed by atoms with Crippen LogP contribution in [0.15, 0.2) is 17.2 Å². The fraction of sp³-hybridized carbons (Fsp3) is 0.545. The highest BCUT2D eigenvalue weighted by Gasteiger charge is 2.20. The molecule has 0 radical (unpaired) electrons. The van der Waals surface area contributed by atoms with Gasteiger partial charge in [-0.05, 0) is 19.9 Å². The summed E-state index contributed by atoms with van der Waals surface area (Å²) in [4.78, 5) is 11.7. The molecule has 1 aromatic rings. The summed E-state index contributed by atoms with van der Waals surface area (Å²) in [6, 6.07) is 1.19. The number of nitrogens with two attached hydrogens (primary N) is 1. The van der Waals surface area contributed by atoms with Crippen molar-refractivity contribution in [3.05, 3.63) is 18.0 Å². The van der Waals surface area contributed by atoms with E-state index in [1.165, 1.54) is 16.8 Å². The molecule has 0 spiro atoms. The van der Waals surface area contributed by atoms with Gasteiger partial charge < -0.3 is 14.0 Å². The summed E-state index contributed by atoms with van der Waals surface area (Å²) >= 11 is 0. The number of sulfonamides is 1. The van der Waals surface area contributed by atoms with Gasteiger partial charge in [-0.3, -0.25) is 0 Å². The maximum absolute atomic E-state index is 11.8. The molecular formula is C11H18N2O5S. The molecule has 0 bridgehead atoms. The average molecular weight is 290 g/mol. The maximum Gasteiger partial charge on any atom is 0.355 e. The predicted octanol–water partition coefficient (Wildman–Crippen LogP) is 0.254. The molecule has 0 saturated heterocycles. The Hall–Kier alpha value is -1.38. The Balaban J connectivity index is 2.81. The van der Waals surface area contributed by atoms with Crippen LogP contribution in [0.2, 0.25) is 0 Å². The van der Waals surface area contributed by atoms with Crippen LogP contribution >= 0.6 is 0 Å². The summed E-state index contributed by atoms with van der Waals surface area (Å²) in [5, 5.41) is 4.99. The quantitative estimate of drug-likeness (QED) is 0.757. The Morgan fingerprint density at radius 3 is 2.63 bits per heavy atom. The minimum Gasteiger partial charge on any atom is -0.456 e. The van der Waals surface area contributed by atoms with Crippen LogP contribution in [0.3, 0.4) is 0 Å². The third-order valence-corrected chi connectivity index (χ3v) is 3.26. The van der Waals surface area contributed by atoms with Crippen molar-refractivity contribution in [2.75, 3.05) is 13.2 Å². The third-order valence-electron chi connectivity index (χ3n) is 2.38. The SMILES string of the molecule is CCOCC(C)OC(=O)c1cc(S(N)(=O)=O)cn1C. The largest absolute Gasteiger partial charge is 0.456 e. The van der Waals surface area contributed by atoms with Gasteiger partial charge in [-0.2, -0.15) is 0 Å². The highest BCUT2D eigenvalue weighted by Crippen LogP contribution is 2.13. The summed E-state index contributed by atoms with van der Waals surface area (Å²) in [7, 11) is -2.29. The van der Waals surface area contributed by atoms with Crippen molar-refractivity contribution in [2.45, 2.75) is 24.8 Å². The summed E-state index contributed by atoms with van der Waals surface area (Å²) in [5.41, 5.74) is 0.118. The minimum atomic E-state index is -3.83. The number of carbonyl (C=O) groups excluding carboxylic acids is 1. The molecule has 19 heavy (non-hydrogen) atoms. The van der Waals surface area contributed by atoms with Crippen molar-refractivity contribution in [3.8, 4) is 0 Å². The first-order valence-electron chi connectivity index (χ1n) is 5.73. The fourth-order valence-corrected chi connectivity index (χ4v) is 2.03. The van der Waals surface area contributed by atoms with E-state index in [-0.39, 0.29) is 17.2 Å². The van der Waals surface area contributed by atoms with E-state index >= 15 is 0 Å². The lowest BCUT2D eigenvalue weighted by atomic mass is 10.4. The third kappa shape index (κ3) is 4.34. The van der Waals surface area contributed by atoms with Crippen molar-refractivity contribution < 1.29 is 22.7 Å². The monoisotopic (exact) mass is 290 g/mol. The standard InChI is InChI=1S/C11H18N2O5S/c1-4-17-7-8(2)18-11(14)10-5-9(6-13(10)3)19(12,15)16/h5-6,8H,4,7H2,1-3H3,(H2,12,15,16). The van der Waals surface area contributed by atoms with Crippen LogP contribution in [0.4, 0.5) is 0 Å². The zero-order valence-corrected chi connectivity index (χ0v) is 11.9. The van der Waals surface area contributed by atoms with E-state index < -0.39 is 22.1 Å². The minimum absolute atomic E-state index is 0.118. The Morgan fingerprint density at radius 2 is 2.16 bits per heavy atom. The first kappa shape index (κ1) is 15.7. The molecule has 108 valence electrons. The topological polar surface area (TPSA) is 101 Å². The number of primary sulfonamides is 1. The van der Waals surface area contributed by atoms with Gasteiger partial charge in [-0.15, -0.1) is 0 Å². The summed E-state index contributed by atoms with van der Waals surface area (Å²) in [5.74, 6) is -0.621. The van der Waals surface area contributed by atoms with E-state index in [0.29, 0.717) is 6.61 Å². The number of nitrogens with zero attached hydrogens (tertiary/aromatic N) is 1. The molecule has 1 rings (SSSR count). The summed E-state index contributed by atoms with van der Waals surface area (Å²) in [6.45, 7) is 4.34. The van der Waals surface area contributed by atoms with Crippen molar-refractivity contribution in [1.82, 2.24) is 4.57 Å². The second-order valence-corrected chi connectivity index (χ2v) is 5.65. The number of hydrogen-bond acceptors (Lipinski definition) is 5. The Kier molecular flexibility index (Phi) is 5.10. The molecule has 0 aliphatic carbocycles. The van der Waals surface area contributed by atoms with Crippen LogP contribution < -0.4 is 5.14 Å². The van der Waals surface area contributed by atoms with Gasteiger partial charge in [0.25, 0.3) is 0 Å². The van der Waals surface area contributed by atoms with E-state index in [1.54, 1.807) is 14.0 Å². The molecule has 7 nitrogen and oxygen atoms in total. The lowest BCUT2D eigenvalue weighted by molar-refractivity contribution is 0.00356. The number of esters is 1. The number of ether oxygens (including phenoxy) is 2. The van der Waals surface area contributed by atoms with Crippen LogP contribution in [-0.2, 0) is 26.5 Å². The first-order chi connectivity index (χ1) is 8.75. The Morgan fingerprint density at radius 1 is 1.53 bits per heavy atom. The van der Waals surface area contributed by atoms with E-state index in [2.05, 4.69) is 0 Å². The smallest absolute Gasteiger partial charge is 0.355 e. The lowest BCUT2D eigenvalue weighted by Gasteiger charge is -2.13. The van der Waals surface area contributed by atoms with Crippen LogP contribution in [-0.4, -0.2) is 38.3 Å². The van der Waals surface area contributed by atoms with E-state index in [0.717, 1.165) is 0 Å². The maximum atomic E-state index is 11.8. The predicted molar refractivity (Wildman–Crippen MR) is 68.2 cm³/mol. The van der Waals surface area contributed by atoms with Crippen molar-refractivity contribution >= 4 is 16.0 Å². The van der Waals surface area contributed by atoms with Crippen LogP contribution in [0, 0.1) is 0 Å². The van der Waals surface area contributed by atoms with Crippen LogP contribution in [0.25, 0.3) is 0 Å². The van der Waals surface area contributed by atoms with Gasteiger partial charge in [-0.25, -0.2) is 18.4 Å². The van der Waals surface area contributed by atoms with Crippen molar-refractivity contribution in [1.29, 1.82) is 0 Å². The summed E-state index contributed by atoms with van der Waals surface area (Å²) in [6.07, 6.45) is 0.847. The van der Waals surface area contributed by atoms with Gasteiger partial charge in [0.2, 0.25) is 10.0 Å². The zero-order valence-electron chi connectivity index (χ0n) is 11.1. The molecule has 0 fully saturated rings. The highest BCUT2D eigenvalue weighted by molar-refractivity contribution is 7.89. The molecule has 0 aliphatic rings. The van der Waals surface area contributed by atoms with Gasteiger partial charge >= 0.3 is 5.97 Å². The van der Waals surface area contributed by atoms with Gasteiger partial charge in [-0.1, -0.05) is 0 Å². The first-order valence-corrected chi connectivity index (χ1v) is 7.28. The van der Waals surface area contributed by atoms with E-state index in [9.17, 15) is 13.2 Å². The molecule has 0 amide bonds. The van der Waals surface area contributed by atoms with Crippen molar-refractivity contribution in [3.63, 3.8) is 0 Å². The van der Waals surface area contributed by atoms with E-state index in [4.69, 9.17) is 14.6 Å². The second kappa shape index (κ2) is 6.18. The number of rotatable bonds is 6. The molecule has 8 heteroatoms. The highest BCUT2D eigenvalue weighted by atomic mass is 32.2. The van der Waals surface area contributed by atoms with E-state index in [1.807, 2.05) is 6.92 Å².